The number of esters is 1. The second-order valence-electron chi connectivity index (χ2n) is 10.9. The summed E-state index contributed by atoms with van der Waals surface area (Å²) in [6.07, 6.45) is -1.45. The van der Waals surface area contributed by atoms with Crippen molar-refractivity contribution in [3.8, 4) is 5.75 Å². The lowest BCUT2D eigenvalue weighted by Crippen LogP contribution is -2.51. The van der Waals surface area contributed by atoms with E-state index in [0.29, 0.717) is 44.0 Å². The number of rotatable bonds is 8. The van der Waals surface area contributed by atoms with E-state index >= 15 is 0 Å². The van der Waals surface area contributed by atoms with Gasteiger partial charge in [0.25, 0.3) is 0 Å². The van der Waals surface area contributed by atoms with Crippen molar-refractivity contribution in [2.75, 3.05) is 52.9 Å². The van der Waals surface area contributed by atoms with Crippen LogP contribution in [-0.2, 0) is 14.3 Å². The maximum atomic E-state index is 12.6. The summed E-state index contributed by atoms with van der Waals surface area (Å²) in [5.41, 5.74) is -0.256. The van der Waals surface area contributed by atoms with Crippen LogP contribution in [-0.4, -0.2) is 102 Å². The normalized spacial score (nSPS) is 15.7. The van der Waals surface area contributed by atoms with Crippen LogP contribution in [0.5, 0.6) is 5.75 Å². The molecule has 0 bridgehead atoms. The van der Waals surface area contributed by atoms with E-state index in [1.807, 2.05) is 41.5 Å². The highest BCUT2D eigenvalue weighted by Crippen LogP contribution is 2.24. The van der Waals surface area contributed by atoms with Crippen LogP contribution in [0, 0.1) is 0 Å². The molecule has 0 spiro atoms. The van der Waals surface area contributed by atoms with Gasteiger partial charge >= 0.3 is 18.2 Å². The van der Waals surface area contributed by atoms with Crippen LogP contribution in [0.4, 0.5) is 9.59 Å². The molecule has 0 unspecified atom stereocenters. The van der Waals surface area contributed by atoms with E-state index in [-0.39, 0.29) is 24.8 Å². The molecule has 1 saturated heterocycles. The highest BCUT2D eigenvalue weighted by atomic mass is 16.6. The Morgan fingerprint density at radius 3 is 2.03 bits per heavy atom. The van der Waals surface area contributed by atoms with Crippen molar-refractivity contribution >= 4 is 18.2 Å². The molecule has 1 aliphatic heterocycles. The van der Waals surface area contributed by atoms with Gasteiger partial charge in [0.1, 0.15) is 17.0 Å². The number of hydrogen-bond donors (Lipinski definition) is 1. The van der Waals surface area contributed by atoms with Crippen molar-refractivity contribution in [1.82, 2.24) is 14.7 Å². The first-order chi connectivity index (χ1) is 16.7. The molecule has 1 fully saturated rings. The fourth-order valence-corrected chi connectivity index (χ4v) is 3.81. The number of piperazine rings is 1. The Balaban J connectivity index is 1.98. The average molecular weight is 508 g/mol. The van der Waals surface area contributed by atoms with Gasteiger partial charge in [0, 0.05) is 45.8 Å². The van der Waals surface area contributed by atoms with E-state index < -0.39 is 23.6 Å². The smallest absolute Gasteiger partial charge is 0.410 e. The maximum Gasteiger partial charge on any atom is 0.410 e. The van der Waals surface area contributed by atoms with Gasteiger partial charge in [-0.3, -0.25) is 9.69 Å². The molecule has 1 aromatic rings. The third-order valence-electron chi connectivity index (χ3n) is 5.58. The second kappa shape index (κ2) is 12.3. The quantitative estimate of drug-likeness (QED) is 0.531. The number of carbonyl (C=O) groups is 3. The number of carbonyl (C=O) groups excluding carboxylic acids is 2. The summed E-state index contributed by atoms with van der Waals surface area (Å²) in [5.74, 6) is -0.606. The fraction of sp³-hybridized carbons (Fsp3) is 0.654. The molecule has 0 saturated carbocycles. The first kappa shape index (κ1) is 29.2. The number of hydrogen-bond acceptors (Lipinski definition) is 7. The molecule has 2 rings (SSSR count). The lowest BCUT2D eigenvalue weighted by molar-refractivity contribution is -0.142. The molecule has 1 aromatic carbocycles. The molecule has 1 N–H and O–H groups in total. The summed E-state index contributed by atoms with van der Waals surface area (Å²) < 4.78 is 16.2. The third kappa shape index (κ3) is 9.56. The van der Waals surface area contributed by atoms with Gasteiger partial charge in [-0.2, -0.15) is 0 Å². The summed E-state index contributed by atoms with van der Waals surface area (Å²) in [6, 6.07) is 7.06. The third-order valence-corrected chi connectivity index (χ3v) is 5.58. The minimum absolute atomic E-state index is 0.0284. The molecule has 2 amide bonds. The summed E-state index contributed by atoms with van der Waals surface area (Å²) in [6.45, 7) is 14.3. The molecule has 10 nitrogen and oxygen atoms in total. The molecule has 36 heavy (non-hydrogen) atoms. The van der Waals surface area contributed by atoms with Crippen LogP contribution in [0.25, 0.3) is 0 Å². The SMILES string of the molecule is COC(=O)[C@@H](CN(CCN1CCN(C(=O)OC(C)(C)C)CC1)C(=O)O)c1ccc(OC(C)(C)C)cc1. The topological polar surface area (TPSA) is 109 Å². The zero-order valence-corrected chi connectivity index (χ0v) is 22.6. The Kier molecular flexibility index (Phi) is 9.98. The molecule has 0 aliphatic carbocycles. The van der Waals surface area contributed by atoms with Crippen molar-refractivity contribution in [2.45, 2.75) is 58.7 Å². The first-order valence-electron chi connectivity index (χ1n) is 12.2. The number of carboxylic acid groups (broad SMARTS) is 1. The van der Waals surface area contributed by atoms with Crippen molar-refractivity contribution in [1.29, 1.82) is 0 Å². The second-order valence-corrected chi connectivity index (χ2v) is 10.9. The molecular formula is C26H41N3O7. The molecule has 0 aromatic heterocycles. The Morgan fingerprint density at radius 1 is 0.972 bits per heavy atom. The molecule has 1 atom stereocenters. The van der Waals surface area contributed by atoms with Gasteiger partial charge in [-0.15, -0.1) is 0 Å². The van der Waals surface area contributed by atoms with E-state index in [4.69, 9.17) is 14.2 Å². The highest BCUT2D eigenvalue weighted by Gasteiger charge is 2.29. The number of amides is 2. The van der Waals surface area contributed by atoms with E-state index in [1.54, 1.807) is 29.2 Å². The zero-order valence-electron chi connectivity index (χ0n) is 22.6. The molecule has 1 aliphatic rings. The largest absolute Gasteiger partial charge is 0.488 e. The molecule has 202 valence electrons. The van der Waals surface area contributed by atoms with Crippen LogP contribution in [0.1, 0.15) is 53.0 Å². The Hall–Kier alpha value is -3.01. The lowest BCUT2D eigenvalue weighted by atomic mass is 9.98. The number of methoxy groups -OCH3 is 1. The van der Waals surface area contributed by atoms with E-state index in [9.17, 15) is 19.5 Å². The number of benzene rings is 1. The first-order valence-corrected chi connectivity index (χ1v) is 12.2. The van der Waals surface area contributed by atoms with Crippen molar-refractivity contribution in [2.24, 2.45) is 0 Å². The molecule has 1 heterocycles. The van der Waals surface area contributed by atoms with E-state index in [2.05, 4.69) is 4.90 Å². The number of ether oxygens (including phenoxy) is 3. The molecule has 0 radical (unpaired) electrons. The Labute approximate surface area is 214 Å². The lowest BCUT2D eigenvalue weighted by Gasteiger charge is -2.36. The summed E-state index contributed by atoms with van der Waals surface area (Å²) >= 11 is 0. The number of nitrogens with zero attached hydrogens (tertiary/aromatic N) is 3. The highest BCUT2D eigenvalue weighted by molar-refractivity contribution is 5.79. The molecular weight excluding hydrogens is 466 g/mol. The summed E-state index contributed by atoms with van der Waals surface area (Å²) in [4.78, 5) is 41.8. The van der Waals surface area contributed by atoms with Crippen LogP contribution in [0.2, 0.25) is 0 Å². The maximum absolute atomic E-state index is 12.6. The van der Waals surface area contributed by atoms with Crippen molar-refractivity contribution < 1.29 is 33.7 Å². The monoisotopic (exact) mass is 507 g/mol. The van der Waals surface area contributed by atoms with Crippen molar-refractivity contribution in [3.05, 3.63) is 29.8 Å². The van der Waals surface area contributed by atoms with Gasteiger partial charge in [0.2, 0.25) is 0 Å². The van der Waals surface area contributed by atoms with Crippen LogP contribution in [0.3, 0.4) is 0 Å². The summed E-state index contributed by atoms with van der Waals surface area (Å²) in [7, 11) is 1.29. The van der Waals surface area contributed by atoms with Gasteiger partial charge < -0.3 is 29.1 Å². The minimum atomic E-state index is -1.11. The van der Waals surface area contributed by atoms with Gasteiger partial charge in [0.05, 0.1) is 13.0 Å². The Bertz CT molecular complexity index is 882. The van der Waals surface area contributed by atoms with Gasteiger partial charge in [-0.05, 0) is 59.2 Å². The van der Waals surface area contributed by atoms with E-state index in [0.717, 1.165) is 0 Å². The van der Waals surface area contributed by atoms with Gasteiger partial charge in [0.15, 0.2) is 0 Å². The Morgan fingerprint density at radius 2 is 1.56 bits per heavy atom. The van der Waals surface area contributed by atoms with Gasteiger partial charge in [-0.1, -0.05) is 12.1 Å². The summed E-state index contributed by atoms with van der Waals surface area (Å²) in [5, 5.41) is 9.81. The standard InChI is InChI=1S/C26H41N3O7/c1-25(2,3)35-20-10-8-19(9-11-20)21(22(30)34-7)18-29(23(31)32)17-14-27-12-15-28(16-13-27)24(33)36-26(4,5)6/h8-11,21H,12-18H2,1-7H3,(H,31,32)/t21-/m0/s1. The van der Waals surface area contributed by atoms with E-state index in [1.165, 1.54) is 12.0 Å². The average Bonchev–Trinajstić information content (AvgIpc) is 2.77. The van der Waals surface area contributed by atoms with Crippen LogP contribution in [0.15, 0.2) is 24.3 Å². The fourth-order valence-electron chi connectivity index (χ4n) is 3.81. The van der Waals surface area contributed by atoms with Crippen LogP contribution < -0.4 is 4.74 Å². The predicted octanol–water partition coefficient (Wildman–Crippen LogP) is 3.65. The molecule has 10 heteroatoms. The zero-order chi connectivity index (χ0) is 27.1. The van der Waals surface area contributed by atoms with Crippen molar-refractivity contribution in [3.63, 3.8) is 0 Å². The predicted molar refractivity (Wildman–Crippen MR) is 135 cm³/mol. The van der Waals surface area contributed by atoms with Gasteiger partial charge in [-0.25, -0.2) is 9.59 Å². The minimum Gasteiger partial charge on any atom is -0.488 e. The van der Waals surface area contributed by atoms with Crippen LogP contribution >= 0.6 is 0 Å².